The molecular weight excluding hydrogens is 546 g/mol. The van der Waals surface area contributed by atoms with Gasteiger partial charge in [0.15, 0.2) is 0 Å². The first-order valence-corrected chi connectivity index (χ1v) is 14.5. The van der Waals surface area contributed by atoms with Crippen LogP contribution in [-0.4, -0.2) is 41.5 Å². The van der Waals surface area contributed by atoms with Crippen LogP contribution in [0.25, 0.3) is 11.1 Å². The Kier molecular flexibility index (Phi) is 8.37. The molecule has 1 aliphatic rings. The average Bonchev–Trinajstić information content (AvgIpc) is 3.59. The van der Waals surface area contributed by atoms with Gasteiger partial charge in [0.1, 0.15) is 12.6 Å². The van der Waals surface area contributed by atoms with Gasteiger partial charge in [0, 0.05) is 34.4 Å². The van der Waals surface area contributed by atoms with Gasteiger partial charge in [0.2, 0.25) is 5.91 Å². The summed E-state index contributed by atoms with van der Waals surface area (Å²) in [6.45, 7) is 0.615. The quantitative estimate of drug-likeness (QED) is 0.173. The van der Waals surface area contributed by atoms with Crippen LogP contribution in [-0.2, 0) is 16.1 Å². The molecule has 8 nitrogen and oxygen atoms in total. The van der Waals surface area contributed by atoms with Gasteiger partial charge in [-0.25, -0.2) is 9.59 Å². The molecule has 0 saturated heterocycles. The summed E-state index contributed by atoms with van der Waals surface area (Å²) in [5.41, 5.74) is 11.9. The maximum atomic E-state index is 12.7. The molecule has 0 saturated carbocycles. The number of thioether (sulfide) groups is 1. The number of carboxylic acid groups (broad SMARTS) is 1. The van der Waals surface area contributed by atoms with Gasteiger partial charge in [-0.2, -0.15) is 11.3 Å². The number of fused-ring (bicyclic) bond motifs is 3. The third kappa shape index (κ3) is 6.13. The summed E-state index contributed by atoms with van der Waals surface area (Å²) < 4.78 is 5.53. The fraction of sp³-hybridized carbons (Fsp3) is 0.167. The van der Waals surface area contributed by atoms with E-state index in [1.807, 2.05) is 65.4 Å². The van der Waals surface area contributed by atoms with E-state index in [0.717, 1.165) is 32.7 Å². The summed E-state index contributed by atoms with van der Waals surface area (Å²) >= 11 is 2.82. The molecule has 5 rings (SSSR count). The molecule has 10 heteroatoms. The SMILES string of the molecule is NC(=O)c1ccc(SC[C@H](NC(=O)OCC2c3ccccc3-c3ccccc32)C(=O)O)c(NCc2ccsc2)c1. The smallest absolute Gasteiger partial charge is 0.407 e. The maximum Gasteiger partial charge on any atom is 0.407 e. The van der Waals surface area contributed by atoms with Gasteiger partial charge in [-0.3, -0.25) is 4.79 Å². The first kappa shape index (κ1) is 27.3. The molecule has 0 radical (unpaired) electrons. The van der Waals surface area contributed by atoms with Gasteiger partial charge in [-0.1, -0.05) is 48.5 Å². The number of hydrogen-bond acceptors (Lipinski definition) is 7. The molecule has 0 bridgehead atoms. The Morgan fingerprint density at radius 1 is 1.00 bits per heavy atom. The topological polar surface area (TPSA) is 131 Å². The van der Waals surface area contributed by atoms with Crippen molar-refractivity contribution in [1.82, 2.24) is 5.32 Å². The maximum absolute atomic E-state index is 12.7. The lowest BCUT2D eigenvalue weighted by atomic mass is 9.98. The average molecular weight is 574 g/mol. The van der Waals surface area contributed by atoms with Crippen molar-refractivity contribution >= 4 is 46.8 Å². The fourth-order valence-electron chi connectivity index (χ4n) is 4.67. The van der Waals surface area contributed by atoms with Crippen molar-refractivity contribution in [3.05, 3.63) is 106 Å². The standard InChI is InChI=1S/C30H27N3O5S2/c31-28(34)19-9-10-27(25(13-19)32-14-18-11-12-39-16-18)40-17-26(29(35)36)33-30(37)38-15-24-22-7-3-1-5-20(22)21-6-2-4-8-23(21)24/h1-13,16,24,26,32H,14-15,17H2,(H2,31,34)(H,33,37)(H,35,36)/t26-/m0/s1. The zero-order valence-electron chi connectivity index (χ0n) is 21.3. The van der Waals surface area contributed by atoms with Gasteiger partial charge in [0.05, 0.1) is 0 Å². The highest BCUT2D eigenvalue weighted by atomic mass is 32.2. The third-order valence-corrected chi connectivity index (χ3v) is 8.57. The number of alkyl carbamates (subject to hydrolysis) is 1. The highest BCUT2D eigenvalue weighted by Crippen LogP contribution is 2.44. The largest absolute Gasteiger partial charge is 0.480 e. The summed E-state index contributed by atoms with van der Waals surface area (Å²) in [4.78, 5) is 37.1. The van der Waals surface area contributed by atoms with Crippen molar-refractivity contribution in [2.45, 2.75) is 23.4 Å². The molecule has 40 heavy (non-hydrogen) atoms. The summed E-state index contributed by atoms with van der Waals surface area (Å²) in [6, 6.07) is 21.7. The minimum atomic E-state index is -1.19. The van der Waals surface area contributed by atoms with E-state index in [1.54, 1.807) is 29.5 Å². The number of aliphatic carboxylic acids is 1. The number of carboxylic acids is 1. The van der Waals surface area contributed by atoms with Crippen molar-refractivity contribution < 1.29 is 24.2 Å². The number of primary amides is 1. The van der Waals surface area contributed by atoms with E-state index in [1.165, 1.54) is 11.8 Å². The summed E-state index contributed by atoms with van der Waals surface area (Å²) in [5.74, 6) is -1.82. The van der Waals surface area contributed by atoms with Crippen molar-refractivity contribution in [3.8, 4) is 11.1 Å². The number of nitrogens with two attached hydrogens (primary N) is 1. The number of amides is 2. The Hall–Kier alpha value is -4.28. The molecule has 5 N–H and O–H groups in total. The van der Waals surface area contributed by atoms with Gasteiger partial charge in [-0.05, 0) is 62.8 Å². The normalized spacial score (nSPS) is 12.7. The highest BCUT2D eigenvalue weighted by Gasteiger charge is 2.30. The number of hydrogen-bond donors (Lipinski definition) is 4. The summed E-state index contributed by atoms with van der Waals surface area (Å²) in [7, 11) is 0. The summed E-state index contributed by atoms with van der Waals surface area (Å²) in [6.07, 6.45) is -0.797. The number of nitrogens with one attached hydrogen (secondary N) is 2. The monoisotopic (exact) mass is 573 g/mol. The van der Waals surface area contributed by atoms with Crippen LogP contribution in [0.2, 0.25) is 0 Å². The molecule has 0 fully saturated rings. The van der Waals surface area contributed by atoms with Gasteiger partial charge in [-0.15, -0.1) is 11.8 Å². The molecule has 0 spiro atoms. The van der Waals surface area contributed by atoms with Gasteiger partial charge in [0.25, 0.3) is 0 Å². The lowest BCUT2D eigenvalue weighted by molar-refractivity contribution is -0.138. The molecular formula is C30H27N3O5S2. The van der Waals surface area contributed by atoms with E-state index in [-0.39, 0.29) is 18.3 Å². The first-order chi connectivity index (χ1) is 19.4. The van der Waals surface area contributed by atoms with Gasteiger partial charge < -0.3 is 26.2 Å². The van der Waals surface area contributed by atoms with E-state index in [2.05, 4.69) is 10.6 Å². The number of rotatable bonds is 11. The Morgan fingerprint density at radius 2 is 1.70 bits per heavy atom. The van der Waals surface area contributed by atoms with Crippen LogP contribution in [0.4, 0.5) is 10.5 Å². The molecule has 204 valence electrons. The minimum Gasteiger partial charge on any atom is -0.480 e. The van der Waals surface area contributed by atoms with Crippen molar-refractivity contribution in [2.75, 3.05) is 17.7 Å². The number of carbonyl (C=O) groups is 3. The Bertz CT molecular complexity index is 1490. The Balaban J connectivity index is 1.22. The van der Waals surface area contributed by atoms with Crippen molar-refractivity contribution in [3.63, 3.8) is 0 Å². The molecule has 2 amide bonds. The predicted octanol–water partition coefficient (Wildman–Crippen LogP) is 5.54. The fourth-order valence-corrected chi connectivity index (χ4v) is 6.36. The number of carbonyl (C=O) groups excluding carboxylic acids is 2. The molecule has 1 aliphatic carbocycles. The zero-order chi connectivity index (χ0) is 28.1. The first-order valence-electron chi connectivity index (χ1n) is 12.6. The van der Waals surface area contributed by atoms with Crippen LogP contribution in [0, 0.1) is 0 Å². The minimum absolute atomic E-state index is 0.0442. The molecule has 0 unspecified atom stereocenters. The second-order valence-corrected chi connectivity index (χ2v) is 11.1. The second-order valence-electron chi connectivity index (χ2n) is 9.23. The highest BCUT2D eigenvalue weighted by molar-refractivity contribution is 7.99. The number of ether oxygens (including phenoxy) is 1. The van der Waals surface area contributed by atoms with E-state index in [4.69, 9.17) is 10.5 Å². The number of anilines is 1. The molecule has 1 heterocycles. The van der Waals surface area contributed by atoms with Crippen LogP contribution in [0.15, 0.2) is 88.5 Å². The van der Waals surface area contributed by atoms with Crippen LogP contribution in [0.5, 0.6) is 0 Å². The Labute approximate surface area is 239 Å². The van der Waals surface area contributed by atoms with Crippen molar-refractivity contribution in [1.29, 1.82) is 0 Å². The summed E-state index contributed by atoms with van der Waals surface area (Å²) in [5, 5.41) is 19.6. The molecule has 1 atom stereocenters. The number of thiophene rings is 1. The van der Waals surface area contributed by atoms with Crippen LogP contribution in [0.1, 0.15) is 33.0 Å². The predicted molar refractivity (Wildman–Crippen MR) is 157 cm³/mol. The van der Waals surface area contributed by atoms with E-state index in [0.29, 0.717) is 17.8 Å². The Morgan fingerprint density at radius 3 is 2.33 bits per heavy atom. The molecule has 3 aromatic carbocycles. The molecule has 1 aromatic heterocycles. The third-order valence-electron chi connectivity index (χ3n) is 6.67. The van der Waals surface area contributed by atoms with E-state index >= 15 is 0 Å². The lowest BCUT2D eigenvalue weighted by Crippen LogP contribution is -2.43. The van der Waals surface area contributed by atoms with Gasteiger partial charge >= 0.3 is 12.1 Å². The zero-order valence-corrected chi connectivity index (χ0v) is 23.0. The van der Waals surface area contributed by atoms with Crippen molar-refractivity contribution in [2.24, 2.45) is 5.73 Å². The second kappa shape index (κ2) is 12.3. The van der Waals surface area contributed by atoms with E-state index < -0.39 is 24.0 Å². The van der Waals surface area contributed by atoms with E-state index in [9.17, 15) is 19.5 Å². The number of benzene rings is 3. The van der Waals surface area contributed by atoms with Crippen LogP contribution >= 0.6 is 23.1 Å². The molecule has 0 aliphatic heterocycles. The molecule has 4 aromatic rings. The van der Waals surface area contributed by atoms with Crippen LogP contribution < -0.4 is 16.4 Å². The van der Waals surface area contributed by atoms with Crippen LogP contribution in [0.3, 0.4) is 0 Å². The lowest BCUT2D eigenvalue weighted by Gasteiger charge is -2.18.